The van der Waals surface area contributed by atoms with E-state index in [1.807, 2.05) is 54.6 Å². The molecule has 0 atom stereocenters. The Hall–Kier alpha value is -3.02. The number of hydrogen-bond donors (Lipinski definition) is 2. The van der Waals surface area contributed by atoms with Gasteiger partial charge in [-0.05, 0) is 35.7 Å². The molecule has 0 spiro atoms. The van der Waals surface area contributed by atoms with E-state index in [2.05, 4.69) is 24.3 Å². The van der Waals surface area contributed by atoms with Gasteiger partial charge in [-0.1, -0.05) is 49.3 Å². The molecule has 2 rings (SSSR count). The number of carbonyl (C=O) groups is 1. The zero-order chi connectivity index (χ0) is 18.1. The van der Waals surface area contributed by atoms with Crippen molar-refractivity contribution in [3.05, 3.63) is 60.2 Å². The molecule has 132 valence electrons. The van der Waals surface area contributed by atoms with Crippen molar-refractivity contribution in [2.45, 2.75) is 19.8 Å². The average Bonchev–Trinajstić information content (AvgIpc) is 2.61. The number of nitrogens with two attached hydrogens (primary N) is 1. The summed E-state index contributed by atoms with van der Waals surface area (Å²) < 4.78 is 5.42. The molecule has 0 saturated heterocycles. The van der Waals surface area contributed by atoms with E-state index in [0.29, 0.717) is 11.7 Å². The van der Waals surface area contributed by atoms with E-state index >= 15 is 0 Å². The smallest absolute Gasteiger partial charge is 0.265 e. The van der Waals surface area contributed by atoms with Crippen LogP contribution in [0.1, 0.15) is 25.3 Å². The van der Waals surface area contributed by atoms with Crippen LogP contribution in [0, 0.1) is 0 Å². The Balaban J connectivity index is 1.75. The molecule has 0 aliphatic heterocycles. The summed E-state index contributed by atoms with van der Waals surface area (Å²) in [7, 11) is 0. The number of nitrogens with zero attached hydrogens (tertiary/aromatic N) is 1. The van der Waals surface area contributed by atoms with Crippen LogP contribution in [-0.2, 0) is 9.63 Å². The fourth-order valence-corrected chi connectivity index (χ4v) is 2.05. The molecule has 0 aliphatic carbocycles. The van der Waals surface area contributed by atoms with Crippen molar-refractivity contribution in [3.8, 4) is 5.75 Å². The van der Waals surface area contributed by atoms with Crippen molar-refractivity contribution in [1.82, 2.24) is 0 Å². The average molecular weight is 341 g/mol. The van der Waals surface area contributed by atoms with E-state index in [1.54, 1.807) is 0 Å². The number of para-hydroxylation sites is 1. The maximum absolute atomic E-state index is 11.9. The van der Waals surface area contributed by atoms with Gasteiger partial charge in [0, 0.05) is 5.69 Å². The number of nitrogens with one attached hydrogen (secondary N) is 1. The number of anilines is 1. The number of amides is 1. The maximum Gasteiger partial charge on any atom is 0.265 e. The molecule has 0 aliphatic rings. The molecular weight excluding hydrogens is 318 g/mol. The summed E-state index contributed by atoms with van der Waals surface area (Å²) in [6.07, 6.45) is 0. The Morgan fingerprint density at radius 3 is 2.60 bits per heavy atom. The van der Waals surface area contributed by atoms with Gasteiger partial charge in [-0.15, -0.1) is 0 Å². The van der Waals surface area contributed by atoms with Gasteiger partial charge >= 0.3 is 0 Å². The minimum atomic E-state index is -0.304. The largest absolute Gasteiger partial charge is 0.486 e. The van der Waals surface area contributed by atoms with Gasteiger partial charge in [0.15, 0.2) is 12.4 Å². The van der Waals surface area contributed by atoms with Crippen LogP contribution >= 0.6 is 0 Å². The Morgan fingerprint density at radius 2 is 1.88 bits per heavy atom. The van der Waals surface area contributed by atoms with Crippen molar-refractivity contribution in [2.75, 3.05) is 18.5 Å². The predicted molar refractivity (Wildman–Crippen MR) is 98.7 cm³/mol. The predicted octanol–water partition coefficient (Wildman–Crippen LogP) is 3.12. The first-order valence-electron chi connectivity index (χ1n) is 8.06. The van der Waals surface area contributed by atoms with Gasteiger partial charge in [-0.25, -0.2) is 0 Å². The minimum Gasteiger partial charge on any atom is -0.486 e. The highest BCUT2D eigenvalue weighted by molar-refractivity contribution is 5.91. The van der Waals surface area contributed by atoms with Gasteiger partial charge in [0.25, 0.3) is 5.91 Å². The summed E-state index contributed by atoms with van der Waals surface area (Å²) >= 11 is 0. The first kappa shape index (κ1) is 18.3. The zero-order valence-electron chi connectivity index (χ0n) is 14.4. The molecule has 2 aromatic carbocycles. The van der Waals surface area contributed by atoms with E-state index in [4.69, 9.17) is 15.3 Å². The highest BCUT2D eigenvalue weighted by Crippen LogP contribution is 2.18. The molecule has 0 unspecified atom stereocenters. The first-order valence-corrected chi connectivity index (χ1v) is 8.06. The van der Waals surface area contributed by atoms with Crippen LogP contribution in [0.15, 0.2) is 59.8 Å². The SMILES string of the molecule is CC(C)c1cccc(NC(=O)CO/N=C(/N)COc2ccccc2)c1. The quantitative estimate of drug-likeness (QED) is 0.439. The van der Waals surface area contributed by atoms with Crippen LogP contribution < -0.4 is 15.8 Å². The number of amidine groups is 1. The van der Waals surface area contributed by atoms with E-state index in [-0.39, 0.29) is 25.0 Å². The maximum atomic E-state index is 11.9. The Bertz CT molecular complexity index is 715. The first-order chi connectivity index (χ1) is 12.0. The van der Waals surface area contributed by atoms with Crippen LogP contribution in [0.2, 0.25) is 0 Å². The Morgan fingerprint density at radius 1 is 1.12 bits per heavy atom. The van der Waals surface area contributed by atoms with Crippen LogP contribution in [0.25, 0.3) is 0 Å². The zero-order valence-corrected chi connectivity index (χ0v) is 14.4. The fourth-order valence-electron chi connectivity index (χ4n) is 2.05. The van der Waals surface area contributed by atoms with Gasteiger partial charge in [-0.2, -0.15) is 0 Å². The molecule has 6 nitrogen and oxygen atoms in total. The third-order valence-electron chi connectivity index (χ3n) is 3.34. The summed E-state index contributed by atoms with van der Waals surface area (Å²) in [5.41, 5.74) is 7.56. The van der Waals surface area contributed by atoms with Crippen LogP contribution in [0.3, 0.4) is 0 Å². The molecule has 3 N–H and O–H groups in total. The van der Waals surface area contributed by atoms with Gasteiger partial charge in [0.2, 0.25) is 0 Å². The molecule has 1 amide bonds. The second kappa shape index (κ2) is 9.32. The molecule has 0 radical (unpaired) electrons. The highest BCUT2D eigenvalue weighted by Gasteiger charge is 2.05. The molecule has 0 aromatic heterocycles. The number of ether oxygens (including phenoxy) is 1. The van der Waals surface area contributed by atoms with Gasteiger partial charge in [0.1, 0.15) is 12.4 Å². The molecule has 25 heavy (non-hydrogen) atoms. The van der Waals surface area contributed by atoms with Crippen LogP contribution in [0.5, 0.6) is 5.75 Å². The molecule has 0 bridgehead atoms. The highest BCUT2D eigenvalue weighted by atomic mass is 16.6. The lowest BCUT2D eigenvalue weighted by molar-refractivity contribution is -0.120. The van der Waals surface area contributed by atoms with Gasteiger partial charge in [0.05, 0.1) is 0 Å². The number of hydrogen-bond acceptors (Lipinski definition) is 4. The lowest BCUT2D eigenvalue weighted by Gasteiger charge is -2.09. The molecular formula is C19H23N3O3. The standard InChI is InChI=1S/C19H23N3O3/c1-14(2)15-7-6-8-16(11-15)21-19(23)13-25-22-18(20)12-24-17-9-4-3-5-10-17/h3-11,14H,12-13H2,1-2H3,(H2,20,22)(H,21,23). The number of rotatable bonds is 8. The number of carbonyl (C=O) groups excluding carboxylic acids is 1. The summed E-state index contributed by atoms with van der Waals surface area (Å²) in [6, 6.07) is 16.9. The summed E-state index contributed by atoms with van der Waals surface area (Å²) in [5, 5.41) is 6.44. The summed E-state index contributed by atoms with van der Waals surface area (Å²) in [4.78, 5) is 16.8. The van der Waals surface area contributed by atoms with E-state index in [0.717, 1.165) is 11.3 Å². The normalized spacial score (nSPS) is 11.2. The van der Waals surface area contributed by atoms with Crippen LogP contribution in [-0.4, -0.2) is 25.0 Å². The van der Waals surface area contributed by atoms with Crippen molar-refractivity contribution in [3.63, 3.8) is 0 Å². The van der Waals surface area contributed by atoms with Crippen molar-refractivity contribution >= 4 is 17.4 Å². The van der Waals surface area contributed by atoms with Crippen LogP contribution in [0.4, 0.5) is 5.69 Å². The van der Waals surface area contributed by atoms with E-state index in [1.165, 1.54) is 0 Å². The topological polar surface area (TPSA) is 85.9 Å². The lowest BCUT2D eigenvalue weighted by Crippen LogP contribution is -2.23. The summed E-state index contributed by atoms with van der Waals surface area (Å²) in [6.45, 7) is 4.05. The van der Waals surface area contributed by atoms with E-state index < -0.39 is 0 Å². The molecule has 0 saturated carbocycles. The third kappa shape index (κ3) is 6.55. The Labute approximate surface area is 147 Å². The second-order valence-electron chi connectivity index (χ2n) is 5.79. The fraction of sp³-hybridized carbons (Fsp3) is 0.263. The minimum absolute atomic E-state index is 0.0854. The Kier molecular flexibility index (Phi) is 6.83. The molecule has 2 aromatic rings. The number of oxime groups is 1. The monoisotopic (exact) mass is 341 g/mol. The van der Waals surface area contributed by atoms with Crippen molar-refractivity contribution < 1.29 is 14.4 Å². The molecule has 0 heterocycles. The number of benzene rings is 2. The second-order valence-corrected chi connectivity index (χ2v) is 5.79. The summed E-state index contributed by atoms with van der Waals surface area (Å²) in [5.74, 6) is 0.922. The van der Waals surface area contributed by atoms with Gasteiger partial charge < -0.3 is 20.6 Å². The molecule has 0 fully saturated rings. The van der Waals surface area contributed by atoms with E-state index in [9.17, 15) is 4.79 Å². The van der Waals surface area contributed by atoms with Gasteiger partial charge in [-0.3, -0.25) is 4.79 Å². The molecule has 6 heteroatoms. The lowest BCUT2D eigenvalue weighted by atomic mass is 10.0. The third-order valence-corrected chi connectivity index (χ3v) is 3.34. The van der Waals surface area contributed by atoms with Crippen molar-refractivity contribution in [2.24, 2.45) is 10.9 Å². The van der Waals surface area contributed by atoms with Crippen molar-refractivity contribution in [1.29, 1.82) is 0 Å².